The molecule has 0 spiro atoms. The van der Waals surface area contributed by atoms with Crippen LogP contribution in [-0.4, -0.2) is 11.1 Å². The first-order chi connectivity index (χ1) is 9.04. The number of benzene rings is 2. The molecule has 0 aliphatic carbocycles. The molecule has 0 bridgehead atoms. The van der Waals surface area contributed by atoms with E-state index in [1.54, 1.807) is 23.9 Å². The average molecular weight is 405 g/mol. The Bertz CT molecular complexity index is 599. The highest BCUT2D eigenvalue weighted by Gasteiger charge is 2.06. The van der Waals surface area contributed by atoms with Crippen LogP contribution in [0.4, 0.5) is 0 Å². The summed E-state index contributed by atoms with van der Waals surface area (Å²) in [5.41, 5.74) is 0.712. The standard InChI is InChI=1S/C14H10ClIO2S/c15-12-7-9(8-14(17)18)1-6-13(12)19-11-4-2-10(16)3-5-11/h1-7H,8H2,(H,17,18). The summed E-state index contributed by atoms with van der Waals surface area (Å²) >= 11 is 10.0. The van der Waals surface area contributed by atoms with Crippen LogP contribution >= 0.6 is 46.0 Å². The van der Waals surface area contributed by atoms with Crippen LogP contribution in [0.3, 0.4) is 0 Å². The second kappa shape index (κ2) is 6.63. The first-order valence-electron chi connectivity index (χ1n) is 5.48. The highest BCUT2D eigenvalue weighted by molar-refractivity contribution is 14.1. The third kappa shape index (κ3) is 4.40. The van der Waals surface area contributed by atoms with E-state index in [4.69, 9.17) is 16.7 Å². The molecular formula is C14H10ClIO2S. The van der Waals surface area contributed by atoms with E-state index >= 15 is 0 Å². The Labute approximate surface area is 134 Å². The largest absolute Gasteiger partial charge is 0.481 e. The zero-order valence-corrected chi connectivity index (χ0v) is 13.5. The zero-order valence-electron chi connectivity index (χ0n) is 9.77. The Balaban J connectivity index is 2.17. The average Bonchev–Trinajstić information content (AvgIpc) is 2.34. The number of rotatable bonds is 4. The second-order valence-electron chi connectivity index (χ2n) is 3.89. The van der Waals surface area contributed by atoms with Crippen molar-refractivity contribution in [1.82, 2.24) is 0 Å². The minimum Gasteiger partial charge on any atom is -0.481 e. The molecule has 0 unspecified atom stereocenters. The van der Waals surface area contributed by atoms with Gasteiger partial charge in [0.05, 0.1) is 11.4 Å². The molecule has 5 heteroatoms. The van der Waals surface area contributed by atoms with Crippen molar-refractivity contribution in [2.24, 2.45) is 0 Å². The molecule has 0 saturated carbocycles. The van der Waals surface area contributed by atoms with Gasteiger partial charge in [-0.05, 0) is 64.6 Å². The topological polar surface area (TPSA) is 37.3 Å². The monoisotopic (exact) mass is 404 g/mol. The van der Waals surface area contributed by atoms with E-state index in [0.717, 1.165) is 9.79 Å². The summed E-state index contributed by atoms with van der Waals surface area (Å²) in [6.07, 6.45) is -0.00576. The molecule has 2 aromatic rings. The zero-order chi connectivity index (χ0) is 13.8. The summed E-state index contributed by atoms with van der Waals surface area (Å²) < 4.78 is 1.19. The molecule has 0 atom stereocenters. The Kier molecular flexibility index (Phi) is 5.13. The predicted octanol–water partition coefficient (Wildman–Crippen LogP) is 4.72. The normalized spacial score (nSPS) is 10.4. The van der Waals surface area contributed by atoms with Crippen LogP contribution in [0.2, 0.25) is 5.02 Å². The van der Waals surface area contributed by atoms with E-state index in [1.165, 1.54) is 3.57 Å². The molecule has 19 heavy (non-hydrogen) atoms. The lowest BCUT2D eigenvalue weighted by atomic mass is 10.1. The third-order valence-electron chi connectivity index (χ3n) is 2.39. The molecule has 0 fully saturated rings. The molecule has 0 amide bonds. The number of carboxylic acids is 1. The lowest BCUT2D eigenvalue weighted by molar-refractivity contribution is -0.136. The van der Waals surface area contributed by atoms with Crippen LogP contribution in [0.15, 0.2) is 52.3 Å². The van der Waals surface area contributed by atoms with Gasteiger partial charge >= 0.3 is 5.97 Å². The molecule has 0 saturated heterocycles. The fourth-order valence-electron chi connectivity index (χ4n) is 1.54. The van der Waals surface area contributed by atoms with Crippen molar-refractivity contribution in [2.45, 2.75) is 16.2 Å². The van der Waals surface area contributed by atoms with Crippen LogP contribution in [0.1, 0.15) is 5.56 Å². The fourth-order valence-corrected chi connectivity index (χ4v) is 3.04. The minimum atomic E-state index is -0.853. The van der Waals surface area contributed by atoms with Crippen molar-refractivity contribution >= 4 is 51.9 Å². The summed E-state index contributed by atoms with van der Waals surface area (Å²) in [5, 5.41) is 9.32. The summed E-state index contributed by atoms with van der Waals surface area (Å²) in [6, 6.07) is 13.5. The fraction of sp³-hybridized carbons (Fsp3) is 0.0714. The van der Waals surface area contributed by atoms with E-state index in [2.05, 4.69) is 22.6 Å². The third-order valence-corrected chi connectivity index (χ3v) is 4.62. The molecule has 1 N–H and O–H groups in total. The lowest BCUT2D eigenvalue weighted by Gasteiger charge is -2.06. The van der Waals surface area contributed by atoms with Gasteiger partial charge in [0.15, 0.2) is 0 Å². The lowest BCUT2D eigenvalue weighted by Crippen LogP contribution is -1.99. The minimum absolute atomic E-state index is 0.00576. The van der Waals surface area contributed by atoms with Gasteiger partial charge in [0.1, 0.15) is 0 Å². The van der Waals surface area contributed by atoms with Crippen LogP contribution in [-0.2, 0) is 11.2 Å². The first-order valence-corrected chi connectivity index (χ1v) is 7.75. The predicted molar refractivity (Wildman–Crippen MR) is 86.1 cm³/mol. The summed E-state index contributed by atoms with van der Waals surface area (Å²) in [7, 11) is 0. The van der Waals surface area contributed by atoms with E-state index in [1.807, 2.05) is 30.3 Å². The van der Waals surface area contributed by atoms with Gasteiger partial charge in [-0.3, -0.25) is 4.79 Å². The van der Waals surface area contributed by atoms with Gasteiger partial charge in [0.25, 0.3) is 0 Å². The van der Waals surface area contributed by atoms with Crippen LogP contribution < -0.4 is 0 Å². The van der Waals surface area contributed by atoms with Gasteiger partial charge in [0, 0.05) is 13.4 Å². The first kappa shape index (κ1) is 14.7. The maximum atomic E-state index is 10.6. The van der Waals surface area contributed by atoms with Crippen LogP contribution in [0.5, 0.6) is 0 Å². The van der Waals surface area contributed by atoms with Crippen molar-refractivity contribution in [3.8, 4) is 0 Å². The van der Waals surface area contributed by atoms with Gasteiger partial charge < -0.3 is 5.11 Å². The van der Waals surface area contributed by atoms with E-state index in [-0.39, 0.29) is 6.42 Å². The quantitative estimate of drug-likeness (QED) is 0.749. The van der Waals surface area contributed by atoms with Crippen LogP contribution in [0, 0.1) is 3.57 Å². The number of aliphatic carboxylic acids is 1. The highest BCUT2D eigenvalue weighted by atomic mass is 127. The maximum Gasteiger partial charge on any atom is 0.307 e. The van der Waals surface area contributed by atoms with Gasteiger partial charge in [-0.1, -0.05) is 29.4 Å². The molecule has 0 aromatic heterocycles. The maximum absolute atomic E-state index is 10.6. The molecule has 2 rings (SSSR count). The van der Waals surface area contributed by atoms with E-state index in [9.17, 15) is 4.79 Å². The van der Waals surface area contributed by atoms with Gasteiger partial charge in [-0.15, -0.1) is 0 Å². The van der Waals surface area contributed by atoms with Crippen molar-refractivity contribution in [3.63, 3.8) is 0 Å². The SMILES string of the molecule is O=C(O)Cc1ccc(Sc2ccc(I)cc2)c(Cl)c1. The molecule has 2 aromatic carbocycles. The highest BCUT2D eigenvalue weighted by Crippen LogP contribution is 2.34. The Morgan fingerprint density at radius 2 is 1.89 bits per heavy atom. The van der Waals surface area contributed by atoms with Gasteiger partial charge in [0.2, 0.25) is 0 Å². The molecule has 98 valence electrons. The molecule has 0 heterocycles. The molecule has 0 radical (unpaired) electrons. The Hall–Kier alpha value is -0.720. The van der Waals surface area contributed by atoms with Crippen molar-refractivity contribution in [2.75, 3.05) is 0 Å². The number of halogens is 2. The number of carbonyl (C=O) groups is 1. The smallest absolute Gasteiger partial charge is 0.307 e. The summed E-state index contributed by atoms with van der Waals surface area (Å²) in [5.74, 6) is -0.853. The summed E-state index contributed by atoms with van der Waals surface area (Å²) in [4.78, 5) is 12.7. The molecule has 2 nitrogen and oxygen atoms in total. The number of hydrogen-bond donors (Lipinski definition) is 1. The summed E-state index contributed by atoms with van der Waals surface area (Å²) in [6.45, 7) is 0. The second-order valence-corrected chi connectivity index (χ2v) is 6.66. The van der Waals surface area contributed by atoms with E-state index in [0.29, 0.717) is 10.6 Å². The van der Waals surface area contributed by atoms with E-state index < -0.39 is 5.97 Å². The Morgan fingerprint density at radius 1 is 1.21 bits per heavy atom. The molecule has 0 aliphatic heterocycles. The molecular weight excluding hydrogens is 395 g/mol. The van der Waals surface area contributed by atoms with Crippen molar-refractivity contribution in [1.29, 1.82) is 0 Å². The van der Waals surface area contributed by atoms with Gasteiger partial charge in [-0.25, -0.2) is 0 Å². The van der Waals surface area contributed by atoms with Crippen molar-refractivity contribution < 1.29 is 9.90 Å². The van der Waals surface area contributed by atoms with Gasteiger partial charge in [-0.2, -0.15) is 0 Å². The Morgan fingerprint density at radius 3 is 2.47 bits per heavy atom. The number of hydrogen-bond acceptors (Lipinski definition) is 2. The molecule has 0 aliphatic rings. The number of carboxylic acid groups (broad SMARTS) is 1. The van der Waals surface area contributed by atoms with Crippen molar-refractivity contribution in [3.05, 3.63) is 56.6 Å². The van der Waals surface area contributed by atoms with Crippen LogP contribution in [0.25, 0.3) is 0 Å².